The molecular weight excluding hydrogens is 817 g/mol. The summed E-state index contributed by atoms with van der Waals surface area (Å²) in [6.45, 7) is 18.9. The molecule has 5 nitrogen and oxygen atoms in total. The van der Waals surface area contributed by atoms with Crippen LogP contribution in [0.4, 0.5) is 0 Å². The zero-order valence-electron chi connectivity index (χ0n) is 30.7. The summed E-state index contributed by atoms with van der Waals surface area (Å²) < 4.78 is 6.69. The zero-order valence-corrected chi connectivity index (χ0v) is 33.9. The molecule has 2 aromatic carbocycles. The number of aliphatic hydroxyl groups excluding tert-OH is 1. The maximum atomic E-state index is 12.2. The van der Waals surface area contributed by atoms with Gasteiger partial charge in [-0.15, -0.1) is 40.5 Å². The Morgan fingerprint density at radius 3 is 2.22 bits per heavy atom. The van der Waals surface area contributed by atoms with Crippen LogP contribution >= 0.6 is 11.3 Å². The van der Waals surface area contributed by atoms with Crippen molar-refractivity contribution in [2.24, 2.45) is 10.8 Å². The van der Waals surface area contributed by atoms with Crippen LogP contribution < -0.4 is 0 Å². The summed E-state index contributed by atoms with van der Waals surface area (Å²) in [7, 11) is 0. The molecule has 0 saturated carbocycles. The molecule has 0 aliphatic rings. The number of ketones is 1. The Bertz CT molecular complexity index is 2130. The molecule has 0 saturated heterocycles. The SMILES string of the molecule is CC(C)(C)c1cc(-c2nccc3sc(-c4ccc5ccoc5n4)cc23)[c-]c2ccccc12.CCC(C)(CC)C(=O)/C=C(\O)C(C)(CC)CC.[Ir]. The second kappa shape index (κ2) is 15.7. The Morgan fingerprint density at radius 2 is 1.56 bits per heavy atom. The third kappa shape index (κ3) is 7.96. The molecule has 7 heteroatoms. The van der Waals surface area contributed by atoms with Crippen LogP contribution in [0.3, 0.4) is 0 Å². The van der Waals surface area contributed by atoms with Gasteiger partial charge in [0, 0.05) is 59.0 Å². The quantitative estimate of drug-likeness (QED) is 0.0890. The maximum Gasteiger partial charge on any atom is 0.226 e. The molecule has 0 unspecified atom stereocenters. The Kier molecular flexibility index (Phi) is 12.3. The summed E-state index contributed by atoms with van der Waals surface area (Å²) in [6, 6.07) is 24.7. The number of thiophene rings is 1. The van der Waals surface area contributed by atoms with Gasteiger partial charge < -0.3 is 9.52 Å². The number of hydrogen-bond donors (Lipinski definition) is 1. The van der Waals surface area contributed by atoms with Gasteiger partial charge >= 0.3 is 0 Å². The first-order valence-corrected chi connectivity index (χ1v) is 18.2. The molecule has 6 rings (SSSR count). The molecule has 1 N–H and O–H groups in total. The number of pyridine rings is 2. The predicted molar refractivity (Wildman–Crippen MR) is 206 cm³/mol. The van der Waals surface area contributed by atoms with E-state index in [-0.39, 0.29) is 47.9 Å². The van der Waals surface area contributed by atoms with Gasteiger partial charge in [0.25, 0.3) is 0 Å². The number of rotatable bonds is 9. The molecule has 4 aromatic heterocycles. The van der Waals surface area contributed by atoms with Gasteiger partial charge in [-0.25, -0.2) is 4.98 Å². The number of aromatic nitrogens is 2. The van der Waals surface area contributed by atoms with E-state index >= 15 is 0 Å². The smallest absolute Gasteiger partial charge is 0.226 e. The molecule has 4 heterocycles. The van der Waals surface area contributed by atoms with Crippen LogP contribution in [-0.4, -0.2) is 20.9 Å². The summed E-state index contributed by atoms with van der Waals surface area (Å²) in [4.78, 5) is 22.8. The van der Waals surface area contributed by atoms with Gasteiger partial charge in [-0.1, -0.05) is 91.5 Å². The third-order valence-corrected chi connectivity index (χ3v) is 11.6. The van der Waals surface area contributed by atoms with Crippen LogP contribution in [0.1, 0.15) is 93.6 Å². The summed E-state index contributed by atoms with van der Waals surface area (Å²) in [5, 5.41) is 14.6. The van der Waals surface area contributed by atoms with E-state index in [4.69, 9.17) is 14.4 Å². The molecule has 6 aromatic rings. The molecule has 1 radical (unpaired) electrons. The number of hydrogen-bond acceptors (Lipinski definition) is 6. The van der Waals surface area contributed by atoms with Gasteiger partial charge in [0.1, 0.15) is 5.76 Å². The van der Waals surface area contributed by atoms with Crippen molar-refractivity contribution in [1.82, 2.24) is 9.97 Å². The van der Waals surface area contributed by atoms with E-state index in [0.717, 1.165) is 63.7 Å². The Hall–Kier alpha value is -3.64. The molecule has 0 spiro atoms. The molecule has 0 atom stereocenters. The Labute approximate surface area is 314 Å². The van der Waals surface area contributed by atoms with Gasteiger partial charge in [-0.3, -0.25) is 9.78 Å². The minimum atomic E-state index is -0.337. The number of furan rings is 1. The molecule has 0 bridgehead atoms. The van der Waals surface area contributed by atoms with Gasteiger partial charge in [0.15, 0.2) is 5.78 Å². The van der Waals surface area contributed by atoms with Crippen molar-refractivity contribution in [3.8, 4) is 21.8 Å². The number of benzene rings is 2. The van der Waals surface area contributed by atoms with Crippen molar-refractivity contribution in [2.45, 2.75) is 93.4 Å². The van der Waals surface area contributed by atoms with Gasteiger partial charge in [-0.05, 0) is 66.8 Å². The first kappa shape index (κ1) is 39.2. The van der Waals surface area contributed by atoms with Gasteiger partial charge in [-0.2, -0.15) is 0 Å². The Balaban J connectivity index is 0.000000269. The first-order chi connectivity index (χ1) is 23.3. The summed E-state index contributed by atoms with van der Waals surface area (Å²) in [5.74, 6) is 0.286. The van der Waals surface area contributed by atoms with Crippen molar-refractivity contribution in [2.75, 3.05) is 0 Å². The van der Waals surface area contributed by atoms with Crippen LogP contribution in [0.25, 0.3) is 53.8 Å². The first-order valence-electron chi connectivity index (χ1n) is 17.4. The van der Waals surface area contributed by atoms with Crippen molar-refractivity contribution in [3.63, 3.8) is 0 Å². The van der Waals surface area contributed by atoms with E-state index in [1.807, 2.05) is 53.8 Å². The fourth-order valence-electron chi connectivity index (χ4n) is 5.95. The van der Waals surface area contributed by atoms with Crippen molar-refractivity contribution in [1.29, 1.82) is 0 Å². The molecule has 50 heavy (non-hydrogen) atoms. The summed E-state index contributed by atoms with van der Waals surface area (Å²) in [5.41, 5.74) is 4.28. The number of allylic oxidation sites excluding steroid dienone is 2. The van der Waals surface area contributed by atoms with E-state index in [2.05, 4.69) is 81.4 Å². The normalized spacial score (nSPS) is 12.5. The fraction of sp³-hybridized carbons (Fsp3) is 0.372. The fourth-order valence-corrected chi connectivity index (χ4v) is 6.97. The average molecular weight is 866 g/mol. The average Bonchev–Trinajstić information content (AvgIpc) is 3.77. The Morgan fingerprint density at radius 1 is 0.880 bits per heavy atom. The topological polar surface area (TPSA) is 76.2 Å². The summed E-state index contributed by atoms with van der Waals surface area (Å²) in [6.07, 6.45) is 8.32. The standard InChI is InChI=1S/C28H21N2OS.C15H28O2.Ir/c1-28(2,3)22-15-19(14-18-6-4-5-7-20(18)22)26-21-16-25(32-24(21)10-12-29-26)23-9-8-17-11-13-31-27(17)30-23;1-7-14(5,8-2)12(16)11-13(17)15(6,9-3)10-4;/h4-13,15-16H,1-3H3;11,16H,7-10H2,1-6H3;/q-1;;/b;12-11-;. The molecule has 0 aliphatic carbocycles. The number of carbonyl (C=O) groups is 1. The monoisotopic (exact) mass is 866 g/mol. The molecule has 265 valence electrons. The molecular formula is C43H49IrN2O3S-. The van der Waals surface area contributed by atoms with Crippen LogP contribution in [-0.2, 0) is 30.3 Å². The third-order valence-electron chi connectivity index (χ3n) is 10.5. The maximum absolute atomic E-state index is 12.2. The van der Waals surface area contributed by atoms with Gasteiger partial charge in [0.05, 0.1) is 16.8 Å². The van der Waals surface area contributed by atoms with E-state index < -0.39 is 0 Å². The van der Waals surface area contributed by atoms with Crippen LogP contribution in [0.5, 0.6) is 0 Å². The van der Waals surface area contributed by atoms with Crippen LogP contribution in [0, 0.1) is 16.9 Å². The van der Waals surface area contributed by atoms with Crippen LogP contribution in [0.2, 0.25) is 0 Å². The van der Waals surface area contributed by atoms with Gasteiger partial charge in [0.2, 0.25) is 5.71 Å². The molecule has 0 aliphatic heterocycles. The number of fused-ring (bicyclic) bond motifs is 3. The molecule has 0 amide bonds. The van der Waals surface area contributed by atoms with Crippen LogP contribution in [0.15, 0.2) is 89.4 Å². The van der Waals surface area contributed by atoms with E-state index in [1.54, 1.807) is 17.6 Å². The number of carbonyl (C=O) groups excluding carboxylic acids is 1. The van der Waals surface area contributed by atoms with E-state index in [9.17, 15) is 9.90 Å². The minimum absolute atomic E-state index is 0. The largest absolute Gasteiger partial charge is 0.512 e. The van der Waals surface area contributed by atoms with Crippen molar-refractivity contribution < 1.29 is 34.4 Å². The summed E-state index contributed by atoms with van der Waals surface area (Å²) >= 11 is 1.73. The van der Waals surface area contributed by atoms with E-state index in [1.165, 1.54) is 21.7 Å². The number of aliphatic hydroxyl groups is 1. The number of nitrogens with zero attached hydrogens (tertiary/aromatic N) is 2. The zero-order chi connectivity index (χ0) is 35.6. The van der Waals surface area contributed by atoms with Crippen molar-refractivity contribution >= 4 is 49.1 Å². The second-order valence-electron chi connectivity index (χ2n) is 14.5. The van der Waals surface area contributed by atoms with E-state index in [0.29, 0.717) is 5.71 Å². The minimum Gasteiger partial charge on any atom is -0.512 e. The molecule has 0 fully saturated rings. The van der Waals surface area contributed by atoms with Crippen molar-refractivity contribution in [3.05, 3.63) is 96.6 Å². The predicted octanol–water partition coefficient (Wildman–Crippen LogP) is 12.7. The second-order valence-corrected chi connectivity index (χ2v) is 15.6.